The molecule has 8 nitrogen and oxygen atoms in total. The summed E-state index contributed by atoms with van der Waals surface area (Å²) in [5.74, 6) is -1.47. The first-order chi connectivity index (χ1) is 15.5. The molecule has 0 saturated heterocycles. The van der Waals surface area contributed by atoms with Gasteiger partial charge in [0.2, 0.25) is 0 Å². The predicted octanol–water partition coefficient (Wildman–Crippen LogP) is 3.31. The van der Waals surface area contributed by atoms with Crippen LogP contribution >= 0.6 is 0 Å². The standard InChI is InChI=1S/C24H21N3O5/c1-16-6-5-7-18(14-16)24(30)32-19-12-10-17(11-13-19)15-25-27-23(29)22(28)26-20-8-3-4-9-21(20)31-2/h3-15H,1-2H3,(H,26,28)(H,27,29)/b25-15+. The minimum Gasteiger partial charge on any atom is -0.495 e. The molecule has 3 aromatic carbocycles. The predicted molar refractivity (Wildman–Crippen MR) is 120 cm³/mol. The number of carbonyl (C=O) groups is 3. The number of hydrogen-bond donors (Lipinski definition) is 2. The smallest absolute Gasteiger partial charge is 0.343 e. The Labute approximate surface area is 184 Å². The highest BCUT2D eigenvalue weighted by molar-refractivity contribution is 6.39. The van der Waals surface area contributed by atoms with Crippen molar-refractivity contribution in [1.29, 1.82) is 0 Å². The van der Waals surface area contributed by atoms with Crippen molar-refractivity contribution in [1.82, 2.24) is 5.43 Å². The highest BCUT2D eigenvalue weighted by Crippen LogP contribution is 2.22. The van der Waals surface area contributed by atoms with Crippen LogP contribution in [0, 0.1) is 6.92 Å². The topological polar surface area (TPSA) is 106 Å². The second-order valence-corrected chi connectivity index (χ2v) is 6.68. The van der Waals surface area contributed by atoms with E-state index in [2.05, 4.69) is 15.8 Å². The lowest BCUT2D eigenvalue weighted by Crippen LogP contribution is -2.32. The molecule has 0 radical (unpaired) electrons. The monoisotopic (exact) mass is 431 g/mol. The van der Waals surface area contributed by atoms with E-state index in [9.17, 15) is 14.4 Å². The van der Waals surface area contributed by atoms with Crippen LogP contribution in [0.3, 0.4) is 0 Å². The molecular formula is C24H21N3O5. The first-order valence-electron chi connectivity index (χ1n) is 9.62. The number of methoxy groups -OCH3 is 1. The highest BCUT2D eigenvalue weighted by Gasteiger charge is 2.15. The number of esters is 1. The largest absolute Gasteiger partial charge is 0.495 e. The minimum absolute atomic E-state index is 0.369. The lowest BCUT2D eigenvalue weighted by molar-refractivity contribution is -0.136. The van der Waals surface area contributed by atoms with Crippen molar-refractivity contribution >= 4 is 29.7 Å². The van der Waals surface area contributed by atoms with Gasteiger partial charge in [0.15, 0.2) is 0 Å². The molecule has 0 atom stereocenters. The molecule has 0 unspecified atom stereocenters. The Hall–Kier alpha value is -4.46. The molecule has 0 bridgehead atoms. The summed E-state index contributed by atoms with van der Waals surface area (Å²) in [7, 11) is 1.46. The van der Waals surface area contributed by atoms with Crippen molar-refractivity contribution in [2.75, 3.05) is 12.4 Å². The Kier molecular flexibility index (Phi) is 7.32. The van der Waals surface area contributed by atoms with Gasteiger partial charge in [-0.25, -0.2) is 10.2 Å². The number of rotatable bonds is 6. The molecule has 0 aliphatic rings. The number of hydrazone groups is 1. The molecule has 8 heteroatoms. The fourth-order valence-electron chi connectivity index (χ4n) is 2.70. The second kappa shape index (κ2) is 10.5. The Balaban J connectivity index is 1.52. The van der Waals surface area contributed by atoms with Gasteiger partial charge in [0.05, 0.1) is 24.6 Å². The van der Waals surface area contributed by atoms with E-state index in [1.165, 1.54) is 13.3 Å². The summed E-state index contributed by atoms with van der Waals surface area (Å²) in [5, 5.41) is 6.22. The van der Waals surface area contributed by atoms with Crippen LogP contribution in [0.5, 0.6) is 11.5 Å². The molecule has 0 heterocycles. The number of nitrogens with one attached hydrogen (secondary N) is 2. The van der Waals surface area contributed by atoms with E-state index in [1.807, 2.05) is 13.0 Å². The van der Waals surface area contributed by atoms with Gasteiger partial charge in [-0.15, -0.1) is 0 Å². The van der Waals surface area contributed by atoms with Crippen molar-refractivity contribution < 1.29 is 23.9 Å². The van der Waals surface area contributed by atoms with Crippen molar-refractivity contribution in [2.45, 2.75) is 6.92 Å². The third-order valence-corrected chi connectivity index (χ3v) is 4.29. The Bertz CT molecular complexity index is 1160. The van der Waals surface area contributed by atoms with E-state index < -0.39 is 17.8 Å². The molecule has 32 heavy (non-hydrogen) atoms. The van der Waals surface area contributed by atoms with Crippen LogP contribution in [0.25, 0.3) is 0 Å². The van der Waals surface area contributed by atoms with Gasteiger partial charge in [-0.1, -0.05) is 29.8 Å². The van der Waals surface area contributed by atoms with Gasteiger partial charge in [-0.2, -0.15) is 5.10 Å². The first kappa shape index (κ1) is 22.2. The Morgan fingerprint density at radius 2 is 1.66 bits per heavy atom. The average molecular weight is 431 g/mol. The molecule has 3 aromatic rings. The Morgan fingerprint density at radius 1 is 0.906 bits per heavy atom. The molecule has 0 aliphatic carbocycles. The summed E-state index contributed by atoms with van der Waals surface area (Å²) >= 11 is 0. The molecule has 2 N–H and O–H groups in total. The molecule has 3 rings (SSSR count). The third-order valence-electron chi connectivity index (χ3n) is 4.29. The fraction of sp³-hybridized carbons (Fsp3) is 0.0833. The van der Waals surface area contributed by atoms with Gasteiger partial charge in [-0.05, 0) is 61.0 Å². The molecule has 0 fully saturated rings. The minimum atomic E-state index is -0.934. The van der Waals surface area contributed by atoms with Crippen molar-refractivity contribution in [3.05, 3.63) is 89.5 Å². The maximum atomic E-state index is 12.2. The maximum Gasteiger partial charge on any atom is 0.343 e. The summed E-state index contributed by atoms with van der Waals surface area (Å²) in [6.07, 6.45) is 1.36. The van der Waals surface area contributed by atoms with Crippen LogP contribution < -0.4 is 20.2 Å². The van der Waals surface area contributed by atoms with Crippen molar-refractivity contribution in [3.63, 3.8) is 0 Å². The van der Waals surface area contributed by atoms with Gasteiger partial charge in [-0.3, -0.25) is 9.59 Å². The van der Waals surface area contributed by atoms with Crippen LogP contribution in [0.4, 0.5) is 5.69 Å². The summed E-state index contributed by atoms with van der Waals surface area (Å²) in [6.45, 7) is 1.89. The molecule has 2 amide bonds. The zero-order valence-electron chi connectivity index (χ0n) is 17.5. The number of amides is 2. The van der Waals surface area contributed by atoms with E-state index in [0.29, 0.717) is 28.3 Å². The van der Waals surface area contributed by atoms with E-state index in [0.717, 1.165) is 5.56 Å². The van der Waals surface area contributed by atoms with Crippen LogP contribution in [0.2, 0.25) is 0 Å². The average Bonchev–Trinajstić information content (AvgIpc) is 2.80. The van der Waals surface area contributed by atoms with E-state index >= 15 is 0 Å². The number of anilines is 1. The van der Waals surface area contributed by atoms with Crippen molar-refractivity contribution in [3.8, 4) is 11.5 Å². The van der Waals surface area contributed by atoms with Gasteiger partial charge in [0.25, 0.3) is 0 Å². The van der Waals surface area contributed by atoms with Crippen LogP contribution in [0.1, 0.15) is 21.5 Å². The zero-order valence-corrected chi connectivity index (χ0v) is 17.5. The number of benzene rings is 3. The number of ether oxygens (including phenoxy) is 2. The SMILES string of the molecule is COc1ccccc1NC(=O)C(=O)N/N=C/c1ccc(OC(=O)c2cccc(C)c2)cc1. The first-order valence-corrected chi connectivity index (χ1v) is 9.62. The Morgan fingerprint density at radius 3 is 2.38 bits per heavy atom. The normalized spacial score (nSPS) is 10.4. The van der Waals surface area contributed by atoms with Gasteiger partial charge >= 0.3 is 17.8 Å². The molecule has 0 aliphatic heterocycles. The van der Waals surface area contributed by atoms with Crippen LogP contribution in [-0.2, 0) is 9.59 Å². The number of aryl methyl sites for hydroxylation is 1. The van der Waals surface area contributed by atoms with Gasteiger partial charge < -0.3 is 14.8 Å². The van der Waals surface area contributed by atoms with Crippen molar-refractivity contribution in [2.24, 2.45) is 5.10 Å². The summed E-state index contributed by atoms with van der Waals surface area (Å²) < 4.78 is 10.5. The number of nitrogens with zero attached hydrogens (tertiary/aromatic N) is 1. The molecule has 0 spiro atoms. The second-order valence-electron chi connectivity index (χ2n) is 6.68. The van der Waals surface area contributed by atoms with Crippen LogP contribution in [0.15, 0.2) is 77.9 Å². The zero-order chi connectivity index (χ0) is 22.9. The fourth-order valence-corrected chi connectivity index (χ4v) is 2.70. The number of carbonyl (C=O) groups excluding carboxylic acids is 3. The highest BCUT2D eigenvalue weighted by atomic mass is 16.5. The van der Waals surface area contributed by atoms with Gasteiger partial charge in [0, 0.05) is 0 Å². The quantitative estimate of drug-likeness (QED) is 0.205. The third kappa shape index (κ3) is 6.02. The van der Waals surface area contributed by atoms with Gasteiger partial charge in [0.1, 0.15) is 11.5 Å². The van der Waals surface area contributed by atoms with E-state index in [-0.39, 0.29) is 0 Å². The van der Waals surface area contributed by atoms with E-state index in [1.54, 1.807) is 66.7 Å². The number of para-hydroxylation sites is 2. The lowest BCUT2D eigenvalue weighted by Gasteiger charge is -2.08. The maximum absolute atomic E-state index is 12.2. The van der Waals surface area contributed by atoms with Crippen LogP contribution in [-0.4, -0.2) is 31.1 Å². The molecule has 0 saturated carbocycles. The molecule has 162 valence electrons. The molecule has 0 aromatic heterocycles. The van der Waals surface area contributed by atoms with E-state index in [4.69, 9.17) is 9.47 Å². The summed E-state index contributed by atoms with van der Waals surface area (Å²) in [5.41, 5.74) is 4.58. The summed E-state index contributed by atoms with van der Waals surface area (Å²) in [4.78, 5) is 36.1. The number of hydrogen-bond acceptors (Lipinski definition) is 6. The summed E-state index contributed by atoms with van der Waals surface area (Å²) in [6, 6.07) is 20.3. The molecular weight excluding hydrogens is 410 g/mol. The lowest BCUT2D eigenvalue weighted by atomic mass is 10.1.